The predicted molar refractivity (Wildman–Crippen MR) is 108 cm³/mol. The van der Waals surface area contributed by atoms with E-state index in [1.54, 1.807) is 25.3 Å². The first-order chi connectivity index (χ1) is 14.1. The van der Waals surface area contributed by atoms with Crippen LogP contribution in [0.2, 0.25) is 0 Å². The molecule has 1 fully saturated rings. The number of hydrogen-bond donors (Lipinski definition) is 1. The molecule has 1 unspecified atom stereocenters. The lowest BCUT2D eigenvalue weighted by Crippen LogP contribution is -2.44. The van der Waals surface area contributed by atoms with Crippen molar-refractivity contribution in [2.75, 3.05) is 46.6 Å². The summed E-state index contributed by atoms with van der Waals surface area (Å²) in [4.78, 5) is 14.6. The van der Waals surface area contributed by atoms with Crippen LogP contribution in [0.15, 0.2) is 42.5 Å². The average Bonchev–Trinajstić information content (AvgIpc) is 2.75. The molecule has 0 radical (unpaired) electrons. The maximum Gasteiger partial charge on any atom is 0.258 e. The van der Waals surface area contributed by atoms with E-state index in [-0.39, 0.29) is 24.4 Å². The van der Waals surface area contributed by atoms with Crippen LogP contribution in [0.4, 0.5) is 4.39 Å². The molecule has 1 heterocycles. The van der Waals surface area contributed by atoms with E-state index in [0.29, 0.717) is 31.3 Å². The summed E-state index contributed by atoms with van der Waals surface area (Å²) in [6.07, 6.45) is 0. The van der Waals surface area contributed by atoms with Crippen molar-refractivity contribution >= 4 is 5.91 Å². The molecule has 7 heteroatoms. The van der Waals surface area contributed by atoms with Crippen molar-refractivity contribution in [3.63, 3.8) is 0 Å². The van der Waals surface area contributed by atoms with Gasteiger partial charge in [0.2, 0.25) is 0 Å². The molecule has 6 nitrogen and oxygen atoms in total. The lowest BCUT2D eigenvalue weighted by atomic mass is 10.0. The van der Waals surface area contributed by atoms with E-state index in [9.17, 15) is 9.18 Å². The van der Waals surface area contributed by atoms with Crippen LogP contribution in [-0.2, 0) is 9.53 Å². The van der Waals surface area contributed by atoms with Crippen molar-refractivity contribution in [1.82, 2.24) is 10.2 Å². The third-order valence-electron chi connectivity index (χ3n) is 4.91. The first-order valence-corrected chi connectivity index (χ1v) is 9.68. The maximum absolute atomic E-state index is 13.3. The molecule has 1 N–H and O–H groups in total. The Morgan fingerprint density at radius 1 is 1.17 bits per heavy atom. The third kappa shape index (κ3) is 5.92. The molecular weight excluding hydrogens is 375 g/mol. The minimum Gasteiger partial charge on any atom is -0.493 e. The number of nitrogens with one attached hydrogen (secondary N) is 1. The molecule has 29 heavy (non-hydrogen) atoms. The zero-order valence-corrected chi connectivity index (χ0v) is 16.8. The van der Waals surface area contributed by atoms with E-state index >= 15 is 0 Å². The molecule has 156 valence electrons. The number of aryl methyl sites for hydroxylation is 1. The zero-order valence-electron chi connectivity index (χ0n) is 16.8. The summed E-state index contributed by atoms with van der Waals surface area (Å²) in [6, 6.07) is 11.9. The number of amides is 1. The van der Waals surface area contributed by atoms with Gasteiger partial charge in [0.05, 0.1) is 26.4 Å². The molecule has 2 aromatic carbocycles. The van der Waals surface area contributed by atoms with Gasteiger partial charge in [0.1, 0.15) is 5.82 Å². The van der Waals surface area contributed by atoms with E-state index in [2.05, 4.69) is 10.2 Å². The number of morpholine rings is 1. The second kappa shape index (κ2) is 10.2. The van der Waals surface area contributed by atoms with Crippen molar-refractivity contribution in [2.45, 2.75) is 13.0 Å². The molecular formula is C22H27FN2O4. The van der Waals surface area contributed by atoms with Crippen LogP contribution >= 0.6 is 0 Å². The molecule has 1 atom stereocenters. The summed E-state index contributed by atoms with van der Waals surface area (Å²) < 4.78 is 29.7. The molecule has 2 aromatic rings. The van der Waals surface area contributed by atoms with E-state index < -0.39 is 0 Å². The number of carbonyl (C=O) groups is 1. The molecule has 0 aliphatic carbocycles. The van der Waals surface area contributed by atoms with Crippen LogP contribution in [0.3, 0.4) is 0 Å². The van der Waals surface area contributed by atoms with E-state index in [0.717, 1.165) is 24.2 Å². The van der Waals surface area contributed by atoms with Crippen molar-refractivity contribution in [3.8, 4) is 11.5 Å². The summed E-state index contributed by atoms with van der Waals surface area (Å²) in [7, 11) is 1.57. The number of nitrogens with zero attached hydrogens (tertiary/aromatic N) is 1. The van der Waals surface area contributed by atoms with Gasteiger partial charge in [-0.25, -0.2) is 4.39 Å². The molecule has 1 aliphatic rings. The fourth-order valence-corrected chi connectivity index (χ4v) is 3.33. The fourth-order valence-electron chi connectivity index (χ4n) is 3.33. The number of hydrogen-bond acceptors (Lipinski definition) is 5. The van der Waals surface area contributed by atoms with Gasteiger partial charge in [0.15, 0.2) is 18.1 Å². The monoisotopic (exact) mass is 402 g/mol. The Morgan fingerprint density at radius 2 is 1.90 bits per heavy atom. The average molecular weight is 402 g/mol. The van der Waals surface area contributed by atoms with Gasteiger partial charge in [-0.15, -0.1) is 0 Å². The van der Waals surface area contributed by atoms with E-state index in [1.165, 1.54) is 12.1 Å². The molecule has 1 amide bonds. The lowest BCUT2D eigenvalue weighted by molar-refractivity contribution is -0.123. The van der Waals surface area contributed by atoms with Crippen LogP contribution in [0.1, 0.15) is 17.2 Å². The van der Waals surface area contributed by atoms with Crippen molar-refractivity contribution in [1.29, 1.82) is 0 Å². The van der Waals surface area contributed by atoms with E-state index in [1.807, 2.05) is 19.1 Å². The smallest absolute Gasteiger partial charge is 0.258 e. The second-order valence-electron chi connectivity index (χ2n) is 6.96. The normalized spacial score (nSPS) is 15.6. The summed E-state index contributed by atoms with van der Waals surface area (Å²) in [5.74, 6) is 0.610. The number of rotatable bonds is 8. The number of halogens is 1. The van der Waals surface area contributed by atoms with E-state index in [4.69, 9.17) is 14.2 Å². The highest BCUT2D eigenvalue weighted by Gasteiger charge is 2.23. The second-order valence-corrected chi connectivity index (χ2v) is 6.96. The molecule has 0 spiro atoms. The molecule has 0 saturated carbocycles. The summed E-state index contributed by atoms with van der Waals surface area (Å²) in [5, 5.41) is 2.93. The van der Waals surface area contributed by atoms with Crippen LogP contribution in [-0.4, -0.2) is 57.4 Å². The highest BCUT2D eigenvalue weighted by molar-refractivity contribution is 5.77. The van der Waals surface area contributed by atoms with Crippen LogP contribution in [0.25, 0.3) is 0 Å². The van der Waals surface area contributed by atoms with Crippen molar-refractivity contribution < 1.29 is 23.4 Å². The summed E-state index contributed by atoms with van der Waals surface area (Å²) >= 11 is 0. The minimum atomic E-state index is -0.279. The third-order valence-corrected chi connectivity index (χ3v) is 4.91. The van der Waals surface area contributed by atoms with Crippen LogP contribution in [0.5, 0.6) is 11.5 Å². The quantitative estimate of drug-likeness (QED) is 0.736. The Bertz CT molecular complexity index is 807. The first-order valence-electron chi connectivity index (χ1n) is 9.68. The van der Waals surface area contributed by atoms with Crippen molar-refractivity contribution in [2.24, 2.45) is 0 Å². The highest BCUT2D eigenvalue weighted by Crippen LogP contribution is 2.27. The maximum atomic E-state index is 13.3. The molecule has 1 aliphatic heterocycles. The minimum absolute atomic E-state index is 0.0580. The Hall–Kier alpha value is -2.64. The van der Waals surface area contributed by atoms with Gasteiger partial charge in [-0.05, 0) is 42.3 Å². The van der Waals surface area contributed by atoms with Gasteiger partial charge in [0.25, 0.3) is 5.91 Å². The molecule has 3 rings (SSSR count). The number of carbonyl (C=O) groups excluding carboxylic acids is 1. The Kier molecular flexibility index (Phi) is 7.43. The van der Waals surface area contributed by atoms with Crippen LogP contribution < -0.4 is 14.8 Å². The Labute approximate surface area is 170 Å². The van der Waals surface area contributed by atoms with Gasteiger partial charge in [0, 0.05) is 19.6 Å². The summed E-state index contributed by atoms with van der Waals surface area (Å²) in [5.41, 5.74) is 2.00. The number of benzene rings is 2. The van der Waals surface area contributed by atoms with Gasteiger partial charge in [-0.3, -0.25) is 9.69 Å². The standard InChI is InChI=1S/C22H27FN2O4/c1-16-3-8-20(21(13-16)27-2)29-15-22(26)24-14-19(25-9-11-28-12-10-25)17-4-6-18(23)7-5-17/h3-8,13,19H,9-12,14-15H2,1-2H3,(H,24,26). The SMILES string of the molecule is COc1cc(C)ccc1OCC(=O)NCC(c1ccc(F)cc1)N1CCOCC1. The van der Waals surface area contributed by atoms with Gasteiger partial charge in [-0.1, -0.05) is 18.2 Å². The molecule has 0 bridgehead atoms. The van der Waals surface area contributed by atoms with Gasteiger partial charge >= 0.3 is 0 Å². The topological polar surface area (TPSA) is 60.0 Å². The van der Waals surface area contributed by atoms with Crippen molar-refractivity contribution in [3.05, 3.63) is 59.4 Å². The zero-order chi connectivity index (χ0) is 20.6. The predicted octanol–water partition coefficient (Wildman–Crippen LogP) is 2.71. The van der Waals surface area contributed by atoms with Crippen LogP contribution in [0, 0.1) is 12.7 Å². The summed E-state index contributed by atoms with van der Waals surface area (Å²) in [6.45, 7) is 5.05. The van der Waals surface area contributed by atoms with Gasteiger partial charge in [-0.2, -0.15) is 0 Å². The number of ether oxygens (including phenoxy) is 3. The fraction of sp³-hybridized carbons (Fsp3) is 0.409. The molecule has 1 saturated heterocycles. The van der Waals surface area contributed by atoms with Gasteiger partial charge < -0.3 is 19.5 Å². The number of methoxy groups -OCH3 is 1. The Morgan fingerprint density at radius 3 is 2.59 bits per heavy atom. The largest absolute Gasteiger partial charge is 0.493 e. The molecule has 0 aromatic heterocycles. The lowest BCUT2D eigenvalue weighted by Gasteiger charge is -2.35. The highest BCUT2D eigenvalue weighted by atomic mass is 19.1. The Balaban J connectivity index is 1.59. The first kappa shape index (κ1) is 21.1.